The van der Waals surface area contributed by atoms with Crippen molar-refractivity contribution < 1.29 is 125 Å². The van der Waals surface area contributed by atoms with Gasteiger partial charge in [-0.05, 0) is 240 Å². The zero-order valence-corrected chi connectivity index (χ0v) is 81.1. The van der Waals surface area contributed by atoms with Crippen LogP contribution in [0.4, 0.5) is 0 Å². The van der Waals surface area contributed by atoms with Crippen molar-refractivity contribution in [3.8, 4) is 0 Å². The number of aliphatic hydroxyl groups excluding tert-OH is 3. The molecule has 0 heterocycles. The summed E-state index contributed by atoms with van der Waals surface area (Å²) < 4.78 is 54.7. The molecule has 9 aliphatic carbocycles. The van der Waals surface area contributed by atoms with Gasteiger partial charge < -0.3 is 72.1 Å². The fourth-order valence-electron chi connectivity index (χ4n) is 17.0. The van der Waals surface area contributed by atoms with Gasteiger partial charge in [-0.2, -0.15) is 0 Å². The molecule has 2 spiro atoms. The average molecular weight is 1890 g/mol. The second-order valence-electron chi connectivity index (χ2n) is 33.7. The predicted octanol–water partition coefficient (Wildman–Crippen LogP) is 19.6. The van der Waals surface area contributed by atoms with Crippen LogP contribution in [0.2, 0.25) is 0 Å². The fraction of sp³-hybridized carbons (Fsp3) is 0.798. The van der Waals surface area contributed by atoms with Crippen molar-refractivity contribution in [1.29, 1.82) is 0 Å². The number of halogens is 2. The van der Waals surface area contributed by atoms with Gasteiger partial charge in [0.15, 0.2) is 11.2 Å². The molecule has 0 aromatic rings. The van der Waals surface area contributed by atoms with Gasteiger partial charge in [0.05, 0.1) is 83.7 Å². The summed E-state index contributed by atoms with van der Waals surface area (Å²) in [6, 6.07) is 0. The number of hydrogen-bond donors (Lipinski definition) is 3. The molecule has 9 aliphatic rings. The lowest BCUT2D eigenvalue weighted by Crippen LogP contribution is -2.39. The molecule has 1 unspecified atom stereocenters. The highest BCUT2D eigenvalue weighted by Gasteiger charge is 2.51. The van der Waals surface area contributed by atoms with Crippen LogP contribution in [-0.4, -0.2) is 189 Å². The second kappa shape index (κ2) is 66.6. The average Bonchev–Trinajstić information content (AvgIpc) is 1.65. The molecular formula is C94H157Br2O26P. The van der Waals surface area contributed by atoms with E-state index in [1.54, 1.807) is 68.4 Å². The first-order valence-corrected chi connectivity index (χ1v) is 50.2. The van der Waals surface area contributed by atoms with Gasteiger partial charge >= 0.3 is 47.8 Å². The molecule has 1 atom stereocenters. The van der Waals surface area contributed by atoms with Gasteiger partial charge in [-0.3, -0.25) is 42.9 Å². The molecule has 8 saturated carbocycles. The normalized spacial score (nSPS) is 19.4. The molecule has 0 bridgehead atoms. The monoisotopic (exact) mass is 1890 g/mol. The van der Waals surface area contributed by atoms with Crippen LogP contribution in [0, 0.1) is 37.9 Å². The van der Waals surface area contributed by atoms with Gasteiger partial charge in [0, 0.05) is 66.3 Å². The molecule has 708 valence electrons. The number of ether oxygens (including phenoxy) is 8. The first-order valence-electron chi connectivity index (χ1n) is 45.7. The number of unbranched alkanes of at least 4 members (excludes halogenated alkanes) is 1. The van der Waals surface area contributed by atoms with Crippen molar-refractivity contribution in [2.75, 3.05) is 96.2 Å². The molecule has 123 heavy (non-hydrogen) atoms. The summed E-state index contributed by atoms with van der Waals surface area (Å²) in [6.07, 6.45) is 50.6. The minimum atomic E-state index is -2.75. The quantitative estimate of drug-likeness (QED) is 0.00787. The summed E-state index contributed by atoms with van der Waals surface area (Å²) in [7, 11) is -2.75. The van der Waals surface area contributed by atoms with Gasteiger partial charge in [-0.15, -0.1) is 0 Å². The van der Waals surface area contributed by atoms with E-state index < -0.39 is 48.0 Å². The molecule has 0 radical (unpaired) electrons. The summed E-state index contributed by atoms with van der Waals surface area (Å²) >= 11 is 6.66. The maximum atomic E-state index is 11.8. The summed E-state index contributed by atoms with van der Waals surface area (Å²) in [5.74, 6) is -2.02. The van der Waals surface area contributed by atoms with E-state index in [0.29, 0.717) is 95.1 Å². The molecule has 0 aromatic carbocycles. The maximum Gasteiger partial charge on any atom is 0.337 e. The first-order chi connectivity index (χ1) is 58.6. The number of alkyl halides is 2. The fourth-order valence-corrected chi connectivity index (χ4v) is 18.9. The number of rotatable bonds is 34. The van der Waals surface area contributed by atoms with E-state index >= 15 is 0 Å². The minimum absolute atomic E-state index is 0.0424. The Hall–Kier alpha value is -5.80. The molecule has 8 fully saturated rings. The van der Waals surface area contributed by atoms with Crippen molar-refractivity contribution in [3.63, 3.8) is 0 Å². The standard InChI is InChI=1S/C14H24O3.C14H20O3.C13H20O3.C11H18O4.C10H16O.C7H15O4P.C7H12O4.C7H14O2.C7H10O2.C4H8Br2/c2*1-3-17-13(16)7-11-14(8-4-5-9-14)10-6-12(2)15;1-2-16-12(15)10-9-13(6-3-4-7-13)8-5-11(10)14;1-3-14-9(12)11(7-5-6-8-11)10(13)15-4-2;11-9-3-7-10(8-4-9)5-1-2-6-10;1-4-10-7(8)6-12(3,9)11-5-2;1-3-10-6(8)5-7(9)11-4-2;2*8-5-7(6-9)3-1-2-4-7;5-3-1-2-4-6/h3-11H2,1-2H3;6-7,10-11H,3-5,8-9H2,1-2H3;14H,2-9H2,1H3;3-8H2,1-2H3;1-8H2;4-6H2,1-3H3;3-5H2,1-2H3;8-9H,1-6H2;5-6H,1-4H2;1-4H2/b;10-6+,11-7+;;;;;;;;. The molecule has 0 aromatic heterocycles. The molecule has 29 heteroatoms. The highest BCUT2D eigenvalue weighted by Crippen LogP contribution is 2.52. The summed E-state index contributed by atoms with van der Waals surface area (Å²) in [5, 5.41) is 29.8. The van der Waals surface area contributed by atoms with Crippen LogP contribution in [0.1, 0.15) is 346 Å². The second-order valence-corrected chi connectivity index (χ2v) is 37.8. The van der Waals surface area contributed by atoms with E-state index in [1.165, 1.54) is 135 Å². The topological polar surface area (TPSA) is 383 Å². The maximum absolute atomic E-state index is 11.8. The Morgan fingerprint density at radius 3 is 1.21 bits per heavy atom. The van der Waals surface area contributed by atoms with Crippen molar-refractivity contribution >= 4 is 117 Å². The third-order valence-electron chi connectivity index (χ3n) is 24.0. The number of carbonyl (C=O) groups is 13. The number of hydrogen-bond acceptors (Lipinski definition) is 26. The minimum Gasteiger partial charge on any atom is -0.512 e. The Morgan fingerprint density at radius 2 is 0.813 bits per heavy atom. The summed E-state index contributed by atoms with van der Waals surface area (Å²) in [6.45, 7) is 23.7. The Bertz CT molecular complexity index is 3160. The van der Waals surface area contributed by atoms with Gasteiger partial charge in [0.2, 0.25) is 7.37 Å². The Labute approximate surface area is 752 Å². The summed E-state index contributed by atoms with van der Waals surface area (Å²) in [5.41, 5.74) is -0.138. The molecule has 26 nitrogen and oxygen atoms in total. The zero-order valence-electron chi connectivity index (χ0n) is 77.0. The lowest BCUT2D eigenvalue weighted by atomic mass is 9.72. The number of aldehydes is 2. The lowest BCUT2D eigenvalue weighted by Gasteiger charge is -2.33. The summed E-state index contributed by atoms with van der Waals surface area (Å²) in [4.78, 5) is 144. The van der Waals surface area contributed by atoms with E-state index in [9.17, 15) is 72.0 Å². The Balaban J connectivity index is 0.00000136. The van der Waals surface area contributed by atoms with Crippen molar-refractivity contribution in [1.82, 2.24) is 0 Å². The van der Waals surface area contributed by atoms with Gasteiger partial charge in [-0.25, -0.2) is 9.59 Å². The Kier molecular flexibility index (Phi) is 63.4. The van der Waals surface area contributed by atoms with Gasteiger partial charge in [-0.1, -0.05) is 134 Å². The first kappa shape index (κ1) is 117. The third-order valence-corrected chi connectivity index (χ3v) is 26.8. The predicted molar refractivity (Wildman–Crippen MR) is 482 cm³/mol. The third kappa shape index (κ3) is 48.8. The van der Waals surface area contributed by atoms with Crippen molar-refractivity contribution in [2.24, 2.45) is 37.9 Å². The molecular weight excluding hydrogens is 1740 g/mol. The molecule has 0 aliphatic heterocycles. The SMILES string of the molecule is BrCCCCBr.CCOC(=O)/C=C/C1(/C=C/C(C)=O)CCCC1.CCOC(=O)C1(C(=O)OCC)CCCC1.CCOC(=O)C1=C(O)CCC2(CCCC2)C1.CCOC(=O)CC(=O)OCC.CCOC(=O)CCC1(CCC(C)=O)CCCC1.CCOC(=O)CP(C)(=O)OCC.O=C1CCC2(CCCC2)CC1.O=CC1(C=O)CCCC1.OCC1(CO)CCCC1. The zero-order chi connectivity index (χ0) is 92.7. The largest absolute Gasteiger partial charge is 0.512 e. The number of ketones is 3. The van der Waals surface area contributed by atoms with Crippen molar-refractivity contribution in [3.05, 3.63) is 35.6 Å². The van der Waals surface area contributed by atoms with Crippen LogP contribution >= 0.6 is 39.2 Å². The van der Waals surface area contributed by atoms with Crippen LogP contribution < -0.4 is 0 Å². The molecule has 0 amide bonds. The van der Waals surface area contributed by atoms with E-state index in [2.05, 4.69) is 46.1 Å². The van der Waals surface area contributed by atoms with Crippen LogP contribution in [-0.2, 0) is 109 Å². The number of aliphatic hydroxyl groups is 3. The number of carbonyl (C=O) groups excluding carboxylic acids is 13. The van der Waals surface area contributed by atoms with Gasteiger partial charge in [0.1, 0.15) is 42.5 Å². The van der Waals surface area contributed by atoms with Gasteiger partial charge in [0.25, 0.3) is 0 Å². The Morgan fingerprint density at radius 1 is 0.431 bits per heavy atom. The number of allylic oxidation sites excluding steroid dienone is 4. The highest BCUT2D eigenvalue weighted by atomic mass is 79.9. The molecule has 3 N–H and O–H groups in total. The molecule has 0 saturated heterocycles. The van der Waals surface area contributed by atoms with Crippen LogP contribution in [0.15, 0.2) is 35.6 Å². The lowest BCUT2D eigenvalue weighted by molar-refractivity contribution is -0.172. The van der Waals surface area contributed by atoms with E-state index in [0.717, 1.165) is 139 Å². The van der Waals surface area contributed by atoms with Crippen LogP contribution in [0.5, 0.6) is 0 Å². The van der Waals surface area contributed by atoms with E-state index in [4.69, 9.17) is 38.4 Å². The molecule has 9 rings (SSSR count). The van der Waals surface area contributed by atoms with E-state index in [1.807, 2.05) is 19.1 Å². The van der Waals surface area contributed by atoms with Crippen molar-refractivity contribution in [2.45, 2.75) is 346 Å². The number of esters is 8. The van der Waals surface area contributed by atoms with Crippen LogP contribution in [0.25, 0.3) is 0 Å². The number of Topliss-reactive ketones (excluding diaryl/α,β-unsaturated/α-hetero) is 2. The van der Waals surface area contributed by atoms with Crippen LogP contribution in [0.3, 0.4) is 0 Å². The highest BCUT2D eigenvalue weighted by molar-refractivity contribution is 9.09. The van der Waals surface area contributed by atoms with E-state index in [-0.39, 0.29) is 95.9 Å². The smallest absolute Gasteiger partial charge is 0.337 e.